The maximum absolute atomic E-state index is 12.3. The zero-order valence-electron chi connectivity index (χ0n) is 18.0. The van der Waals surface area contributed by atoms with E-state index in [1.165, 1.54) is 41.5 Å². The molecule has 0 radical (unpaired) electrons. The third-order valence-corrected chi connectivity index (χ3v) is 5.21. The van der Waals surface area contributed by atoms with E-state index in [2.05, 4.69) is 30.7 Å². The Hall–Kier alpha value is -4.09. The summed E-state index contributed by atoms with van der Waals surface area (Å²) in [4.78, 5) is 16.3. The van der Waals surface area contributed by atoms with Crippen molar-refractivity contribution in [3.8, 4) is 22.8 Å². The molecule has 0 atom stereocenters. The van der Waals surface area contributed by atoms with Gasteiger partial charge in [0.1, 0.15) is 12.1 Å². The number of carbonyl (C=O) groups is 1. The first-order valence-corrected chi connectivity index (χ1v) is 10.9. The molecule has 184 valence electrons. The summed E-state index contributed by atoms with van der Waals surface area (Å²) in [6.45, 7) is 0. The van der Waals surface area contributed by atoms with Crippen LogP contribution in [0.4, 0.5) is 23.7 Å². The van der Waals surface area contributed by atoms with Crippen molar-refractivity contribution in [1.29, 1.82) is 0 Å². The molecule has 0 fully saturated rings. The Morgan fingerprint density at radius 1 is 1.00 bits per heavy atom. The van der Waals surface area contributed by atoms with Crippen LogP contribution in [0.5, 0.6) is 5.75 Å². The highest BCUT2D eigenvalue weighted by Gasteiger charge is 2.31. The number of nitrogens with one attached hydrogen (secondary N) is 2. The fourth-order valence-corrected chi connectivity index (χ4v) is 3.45. The van der Waals surface area contributed by atoms with Crippen LogP contribution in [0.3, 0.4) is 0 Å². The number of hydrogen-bond acceptors (Lipinski definition) is 5. The first kappa shape index (κ1) is 25.0. The molecule has 0 bridgehead atoms. The molecule has 1 heterocycles. The Morgan fingerprint density at radius 3 is 2.31 bits per heavy atom. The molecule has 0 aliphatic heterocycles. The summed E-state index contributed by atoms with van der Waals surface area (Å²) in [5.41, 5.74) is 4.49. The normalized spacial score (nSPS) is 11.5. The first-order chi connectivity index (χ1) is 17.2. The Morgan fingerprint density at radius 2 is 1.67 bits per heavy atom. The topological polar surface area (TPSA) is 93.4 Å². The minimum absolute atomic E-state index is 0.274. The Labute approximate surface area is 212 Å². The van der Waals surface area contributed by atoms with Gasteiger partial charge < -0.3 is 10.1 Å². The second-order valence-electron chi connectivity index (χ2n) is 7.10. The number of nitrogens with zero attached hydrogens (tertiary/aromatic N) is 4. The molecule has 4 aromatic rings. The van der Waals surface area contributed by atoms with Crippen molar-refractivity contribution in [2.45, 2.75) is 6.36 Å². The predicted octanol–water partition coefficient (Wildman–Crippen LogP) is 6.30. The minimum Gasteiger partial charge on any atom is -0.406 e. The number of benzene rings is 3. The molecule has 13 heteroatoms. The van der Waals surface area contributed by atoms with Gasteiger partial charge in [0, 0.05) is 5.56 Å². The van der Waals surface area contributed by atoms with Gasteiger partial charge in [0.05, 0.1) is 27.6 Å². The SMILES string of the molecule is O=C(N/N=C/c1ccc(-c2ncn(-c3ccc(OC(F)(F)F)cc3)n2)cc1)Nc1c(Cl)cccc1Cl. The molecule has 36 heavy (non-hydrogen) atoms. The molecule has 4 rings (SSSR count). The number of halogens is 5. The summed E-state index contributed by atoms with van der Waals surface area (Å²) in [6.07, 6.45) is -1.88. The average Bonchev–Trinajstić information content (AvgIpc) is 3.32. The van der Waals surface area contributed by atoms with Gasteiger partial charge >= 0.3 is 12.4 Å². The second kappa shape index (κ2) is 10.7. The van der Waals surface area contributed by atoms with Gasteiger partial charge in [-0.25, -0.2) is 19.9 Å². The van der Waals surface area contributed by atoms with E-state index in [-0.39, 0.29) is 11.4 Å². The quantitative estimate of drug-likeness (QED) is 0.224. The van der Waals surface area contributed by atoms with Crippen LogP contribution in [0.1, 0.15) is 5.56 Å². The molecule has 0 saturated carbocycles. The van der Waals surface area contributed by atoms with E-state index in [1.54, 1.807) is 42.5 Å². The molecular formula is C23H15Cl2F3N6O2. The van der Waals surface area contributed by atoms with E-state index in [4.69, 9.17) is 23.2 Å². The van der Waals surface area contributed by atoms with Gasteiger partial charge in [-0.15, -0.1) is 18.3 Å². The highest BCUT2D eigenvalue weighted by atomic mass is 35.5. The lowest BCUT2D eigenvalue weighted by Crippen LogP contribution is -2.24. The number of alkyl halides is 3. The Bertz CT molecular complexity index is 1370. The van der Waals surface area contributed by atoms with Crippen LogP contribution < -0.4 is 15.5 Å². The van der Waals surface area contributed by atoms with Crippen LogP contribution in [0.25, 0.3) is 17.1 Å². The van der Waals surface area contributed by atoms with Gasteiger partial charge in [-0.2, -0.15) is 5.10 Å². The fraction of sp³-hybridized carbons (Fsp3) is 0.0435. The van der Waals surface area contributed by atoms with Gasteiger partial charge in [0.2, 0.25) is 0 Å². The van der Waals surface area contributed by atoms with Gasteiger partial charge in [-0.1, -0.05) is 53.5 Å². The number of hydrazone groups is 1. The van der Waals surface area contributed by atoms with Gasteiger partial charge in [0.15, 0.2) is 5.82 Å². The van der Waals surface area contributed by atoms with Crippen LogP contribution in [-0.4, -0.2) is 33.4 Å². The number of hydrogen-bond donors (Lipinski definition) is 2. The molecule has 2 N–H and O–H groups in total. The fourth-order valence-electron chi connectivity index (χ4n) is 2.96. The van der Waals surface area contributed by atoms with Crippen molar-refractivity contribution in [1.82, 2.24) is 20.2 Å². The van der Waals surface area contributed by atoms with Gasteiger partial charge in [0.25, 0.3) is 0 Å². The molecular weight excluding hydrogens is 520 g/mol. The molecule has 0 spiro atoms. The first-order valence-electron chi connectivity index (χ1n) is 10.1. The summed E-state index contributed by atoms with van der Waals surface area (Å²) in [5.74, 6) is 0.0757. The van der Waals surface area contributed by atoms with Crippen LogP contribution in [-0.2, 0) is 0 Å². The number of para-hydroxylation sites is 1. The van der Waals surface area contributed by atoms with Crippen LogP contribution in [0, 0.1) is 0 Å². The van der Waals surface area contributed by atoms with E-state index in [1.807, 2.05) is 0 Å². The molecule has 0 aliphatic rings. The third kappa shape index (κ3) is 6.52. The largest absolute Gasteiger partial charge is 0.573 e. The van der Waals surface area contributed by atoms with Crippen molar-refractivity contribution in [2.75, 3.05) is 5.32 Å². The van der Waals surface area contributed by atoms with E-state index < -0.39 is 12.4 Å². The maximum atomic E-state index is 12.3. The monoisotopic (exact) mass is 534 g/mol. The zero-order chi connectivity index (χ0) is 25.7. The summed E-state index contributed by atoms with van der Waals surface area (Å²) in [6, 6.07) is 16.5. The second-order valence-corrected chi connectivity index (χ2v) is 7.91. The summed E-state index contributed by atoms with van der Waals surface area (Å²) >= 11 is 12.0. The highest BCUT2D eigenvalue weighted by Crippen LogP contribution is 2.29. The molecule has 0 unspecified atom stereocenters. The lowest BCUT2D eigenvalue weighted by molar-refractivity contribution is -0.274. The number of ether oxygens (including phenoxy) is 1. The maximum Gasteiger partial charge on any atom is 0.573 e. The predicted molar refractivity (Wildman–Crippen MR) is 130 cm³/mol. The van der Waals surface area contributed by atoms with E-state index >= 15 is 0 Å². The molecule has 0 saturated heterocycles. The number of rotatable bonds is 6. The highest BCUT2D eigenvalue weighted by molar-refractivity contribution is 6.39. The van der Waals surface area contributed by atoms with Gasteiger partial charge in [-0.05, 0) is 42.0 Å². The Kier molecular flexibility index (Phi) is 7.41. The summed E-state index contributed by atoms with van der Waals surface area (Å²) in [5, 5.41) is 11.3. The number of anilines is 1. The molecule has 8 nitrogen and oxygen atoms in total. The third-order valence-electron chi connectivity index (χ3n) is 4.58. The number of aromatic nitrogens is 3. The lowest BCUT2D eigenvalue weighted by Gasteiger charge is -2.09. The summed E-state index contributed by atoms with van der Waals surface area (Å²) in [7, 11) is 0. The minimum atomic E-state index is -4.76. The van der Waals surface area contributed by atoms with Crippen LogP contribution >= 0.6 is 23.2 Å². The van der Waals surface area contributed by atoms with Crippen molar-refractivity contribution in [2.24, 2.45) is 5.10 Å². The summed E-state index contributed by atoms with van der Waals surface area (Å²) < 4.78 is 42.2. The Balaban J connectivity index is 1.36. The number of amides is 2. The van der Waals surface area contributed by atoms with E-state index in [0.717, 1.165) is 0 Å². The van der Waals surface area contributed by atoms with Crippen LogP contribution in [0.2, 0.25) is 10.0 Å². The average molecular weight is 535 g/mol. The zero-order valence-corrected chi connectivity index (χ0v) is 19.5. The van der Waals surface area contributed by atoms with Crippen LogP contribution in [0.15, 0.2) is 78.2 Å². The van der Waals surface area contributed by atoms with E-state index in [0.29, 0.717) is 32.7 Å². The smallest absolute Gasteiger partial charge is 0.406 e. The molecule has 2 amide bonds. The van der Waals surface area contributed by atoms with Crippen molar-refractivity contribution in [3.05, 3.63) is 88.7 Å². The van der Waals surface area contributed by atoms with E-state index in [9.17, 15) is 18.0 Å². The number of urea groups is 1. The van der Waals surface area contributed by atoms with Crippen molar-refractivity contribution < 1.29 is 22.7 Å². The number of carbonyl (C=O) groups excluding carboxylic acids is 1. The van der Waals surface area contributed by atoms with Crippen molar-refractivity contribution in [3.63, 3.8) is 0 Å². The molecule has 0 aliphatic carbocycles. The standard InChI is InChI=1S/C23H15Cl2F3N6O2/c24-18-2-1-3-19(25)20(18)31-22(35)32-30-12-14-4-6-15(7-5-14)21-29-13-34(33-21)16-8-10-17(11-9-16)36-23(26,27)28/h1-13H,(H2,31,32,35)/b30-12+. The molecule has 3 aromatic carbocycles. The molecule has 1 aromatic heterocycles. The lowest BCUT2D eigenvalue weighted by atomic mass is 10.1. The van der Waals surface area contributed by atoms with Gasteiger partial charge in [-0.3, -0.25) is 0 Å². The van der Waals surface area contributed by atoms with Crippen molar-refractivity contribution >= 4 is 41.1 Å².